The molecule has 0 aromatic carbocycles. The summed E-state index contributed by atoms with van der Waals surface area (Å²) in [5.74, 6) is 0.628. The number of nitrogens with one attached hydrogen (secondary N) is 1. The van der Waals surface area contributed by atoms with E-state index in [9.17, 15) is 0 Å². The first kappa shape index (κ1) is 55.9. The van der Waals surface area contributed by atoms with Crippen LogP contribution in [0.1, 0.15) is 109 Å². The highest BCUT2D eigenvalue weighted by atomic mass is 79.9. The molecule has 10 aromatic rings. The lowest BCUT2D eigenvalue weighted by Crippen LogP contribution is -2.20. The van der Waals surface area contributed by atoms with Crippen LogP contribution in [0.2, 0.25) is 5.02 Å². The van der Waals surface area contributed by atoms with Crippen LogP contribution in [0.4, 0.5) is 11.4 Å². The Hall–Kier alpha value is -6.45. The number of pyridine rings is 4. The molecule has 0 aliphatic heterocycles. The first-order chi connectivity index (χ1) is 34.0. The molecule has 388 valence electrons. The Morgan fingerprint density at radius 2 is 0.918 bits per heavy atom. The van der Waals surface area contributed by atoms with Gasteiger partial charge in [-0.1, -0.05) is 11.6 Å². The van der Waals surface area contributed by atoms with Gasteiger partial charge in [0.2, 0.25) is 5.88 Å². The van der Waals surface area contributed by atoms with Gasteiger partial charge in [0.15, 0.2) is 0 Å². The molecule has 0 aliphatic carbocycles. The van der Waals surface area contributed by atoms with Gasteiger partial charge in [-0.05, 0) is 181 Å². The number of ether oxygens (including phenoxy) is 1. The molecule has 0 fully saturated rings. The Labute approximate surface area is 444 Å². The van der Waals surface area contributed by atoms with Crippen LogP contribution in [0.15, 0.2) is 115 Å². The maximum Gasteiger partial charge on any atom is 0.225 e. The minimum Gasteiger partial charge on any atom is -0.480 e. The van der Waals surface area contributed by atoms with Gasteiger partial charge in [-0.25, -0.2) is 29.9 Å². The maximum absolute atomic E-state index is 6.07. The average Bonchev–Trinajstić information content (AvgIpc) is 4.15. The number of nitrogens with two attached hydrogens (primary N) is 1. The number of anilines is 2. The Balaban J connectivity index is 0.000000149. The van der Waals surface area contributed by atoms with Gasteiger partial charge in [-0.3, -0.25) is 0 Å². The molecular weight excluding hydrogens is 998 g/mol. The van der Waals surface area contributed by atoms with E-state index < -0.39 is 0 Å². The van der Waals surface area contributed by atoms with Gasteiger partial charge < -0.3 is 38.6 Å². The van der Waals surface area contributed by atoms with E-state index in [0.717, 1.165) is 65.3 Å². The van der Waals surface area contributed by atoms with Gasteiger partial charge in [-0.15, -0.1) is 0 Å². The smallest absolute Gasteiger partial charge is 0.225 e. The molecule has 0 atom stereocenters. The molecule has 0 saturated heterocycles. The number of methoxy groups -OCH3 is 1. The summed E-state index contributed by atoms with van der Waals surface area (Å²) in [7, 11) is 3.55. The number of nitrogen functional groups attached to an aromatic ring is 1. The van der Waals surface area contributed by atoms with Crippen LogP contribution in [0.3, 0.4) is 0 Å². The molecular formula is C57H75BrClN13O. The molecule has 0 saturated carbocycles. The summed E-state index contributed by atoms with van der Waals surface area (Å²) in [6.45, 7) is 34.5. The molecule has 10 aromatic heterocycles. The minimum atomic E-state index is 0.0150. The summed E-state index contributed by atoms with van der Waals surface area (Å²) in [5.41, 5.74) is 14.2. The molecule has 0 amide bonds. The third kappa shape index (κ3) is 12.5. The lowest BCUT2D eigenvalue weighted by atomic mass is 10.1. The first-order valence-electron chi connectivity index (χ1n) is 24.5. The second kappa shape index (κ2) is 21.6. The zero-order chi connectivity index (χ0) is 54.0. The van der Waals surface area contributed by atoms with Crippen LogP contribution in [0.5, 0.6) is 5.88 Å². The normalized spacial score (nSPS) is 12.2. The quantitative estimate of drug-likeness (QED) is 0.172. The maximum atomic E-state index is 6.07. The number of aromatic nitrogens is 11. The summed E-state index contributed by atoms with van der Waals surface area (Å²) in [6.07, 6.45) is 19.0. The number of fused-ring (bicyclic) bond motifs is 5. The zero-order valence-corrected chi connectivity index (χ0v) is 48.4. The van der Waals surface area contributed by atoms with E-state index in [4.69, 9.17) is 22.1 Å². The van der Waals surface area contributed by atoms with Crippen LogP contribution in [-0.4, -0.2) is 66.9 Å². The number of rotatable bonds is 2. The predicted molar refractivity (Wildman–Crippen MR) is 309 cm³/mol. The van der Waals surface area contributed by atoms with E-state index in [1.165, 1.54) is 22.7 Å². The van der Waals surface area contributed by atoms with E-state index in [0.29, 0.717) is 5.88 Å². The number of halogens is 2. The van der Waals surface area contributed by atoms with Crippen LogP contribution >= 0.6 is 27.5 Å². The summed E-state index contributed by atoms with van der Waals surface area (Å²) < 4.78 is 17.1. The third-order valence-electron chi connectivity index (χ3n) is 12.1. The summed E-state index contributed by atoms with van der Waals surface area (Å²) in [5, 5.41) is 9.34. The standard InChI is InChI=1S/C12H15BrN2.C12H17N3.C11H13ClN2.C11H15N3O.C11H15N3/c1-8-5-6-14-11-10(8)9(13)7-15(11)12(2,3)4;1-12(2,3)15-8-6-9-10(13-4)5-7-14-11(9)15;1-11(2,3)14-7-5-8-9(12)4-6-13-10(8)14;1-11(2,3)14-6-5-8-9(14)12-7-13-10(8)15-4;1-11(2,3)14-7-5-8-9(12)4-6-13-10(8)14/h5-7H,1-4H3;5-8H,1-4H3,(H,13,14);4-7H,1-3H3;5-7H,1-4H3;4-7H,1-3H3,(H2,12,13). The van der Waals surface area contributed by atoms with Crippen molar-refractivity contribution in [2.24, 2.45) is 0 Å². The van der Waals surface area contributed by atoms with Crippen molar-refractivity contribution in [1.82, 2.24) is 52.7 Å². The highest BCUT2D eigenvalue weighted by molar-refractivity contribution is 9.10. The lowest BCUT2D eigenvalue weighted by molar-refractivity contribution is 0.399. The highest BCUT2D eigenvalue weighted by Gasteiger charge is 2.22. The Bertz CT molecular complexity index is 3290. The van der Waals surface area contributed by atoms with Crippen molar-refractivity contribution in [3.63, 3.8) is 0 Å². The molecule has 73 heavy (non-hydrogen) atoms. The number of hydrogen-bond donors (Lipinski definition) is 2. The molecule has 14 nitrogen and oxygen atoms in total. The lowest BCUT2D eigenvalue weighted by Gasteiger charge is -2.22. The molecule has 10 heterocycles. The van der Waals surface area contributed by atoms with Gasteiger partial charge in [0, 0.05) is 128 Å². The van der Waals surface area contributed by atoms with Crippen LogP contribution < -0.4 is 15.8 Å². The van der Waals surface area contributed by atoms with E-state index >= 15 is 0 Å². The summed E-state index contributed by atoms with van der Waals surface area (Å²) in [4.78, 5) is 26.0. The third-order valence-corrected chi connectivity index (χ3v) is 13.0. The van der Waals surface area contributed by atoms with Crippen molar-refractivity contribution in [2.75, 3.05) is 25.2 Å². The minimum absolute atomic E-state index is 0.0150. The van der Waals surface area contributed by atoms with Gasteiger partial charge >= 0.3 is 0 Å². The Morgan fingerprint density at radius 3 is 1.42 bits per heavy atom. The first-order valence-corrected chi connectivity index (χ1v) is 25.6. The fourth-order valence-electron chi connectivity index (χ4n) is 8.35. The molecule has 0 spiro atoms. The van der Waals surface area contributed by atoms with Gasteiger partial charge in [0.25, 0.3) is 0 Å². The molecule has 16 heteroatoms. The molecule has 0 aliphatic rings. The molecule has 10 rings (SSSR count). The van der Waals surface area contributed by atoms with Gasteiger partial charge in [-0.2, -0.15) is 0 Å². The molecule has 0 radical (unpaired) electrons. The number of nitrogens with zero attached hydrogens (tertiary/aromatic N) is 11. The van der Waals surface area contributed by atoms with E-state index in [2.05, 4.69) is 203 Å². The molecule has 3 N–H and O–H groups in total. The molecule has 0 bridgehead atoms. The van der Waals surface area contributed by atoms with Crippen molar-refractivity contribution in [1.29, 1.82) is 0 Å². The Morgan fingerprint density at radius 1 is 0.507 bits per heavy atom. The highest BCUT2D eigenvalue weighted by Crippen LogP contribution is 2.33. The van der Waals surface area contributed by atoms with Crippen molar-refractivity contribution < 1.29 is 4.74 Å². The van der Waals surface area contributed by atoms with E-state index in [1.54, 1.807) is 19.5 Å². The van der Waals surface area contributed by atoms with Crippen molar-refractivity contribution in [3.05, 3.63) is 126 Å². The fraction of sp³-hybridized carbons (Fsp3) is 0.404. The zero-order valence-electron chi connectivity index (χ0n) is 46.1. The van der Waals surface area contributed by atoms with Crippen LogP contribution in [-0.2, 0) is 27.7 Å². The topological polar surface area (TPSA) is 149 Å². The SMILES string of the molecule is CC(C)(C)n1ccc2c(Cl)ccnc21.CC(C)(C)n1ccc2c(N)ccnc21.CNc1ccnc2c1ccn2C(C)(C)C.COc1ncnc2c1ccn2C(C)(C)C.Cc1ccnc2c1c(Br)cn2C(C)(C)C. The van der Waals surface area contributed by atoms with Crippen molar-refractivity contribution in [3.8, 4) is 5.88 Å². The van der Waals surface area contributed by atoms with Gasteiger partial charge in [0.05, 0.1) is 17.5 Å². The van der Waals surface area contributed by atoms with Crippen molar-refractivity contribution in [2.45, 2.75) is 138 Å². The van der Waals surface area contributed by atoms with Crippen molar-refractivity contribution >= 4 is 94.1 Å². The summed E-state index contributed by atoms with van der Waals surface area (Å²) in [6, 6.07) is 15.8. The van der Waals surface area contributed by atoms with Gasteiger partial charge in [0.1, 0.15) is 34.6 Å². The van der Waals surface area contributed by atoms with Crippen LogP contribution in [0, 0.1) is 6.92 Å². The second-order valence-corrected chi connectivity index (χ2v) is 24.2. The van der Waals surface area contributed by atoms with Crippen LogP contribution in [0.25, 0.3) is 55.2 Å². The number of aryl methyl sites for hydroxylation is 1. The monoisotopic (exact) mass is 1070 g/mol. The average molecular weight is 1070 g/mol. The summed E-state index contributed by atoms with van der Waals surface area (Å²) >= 11 is 9.67. The second-order valence-electron chi connectivity index (χ2n) is 22.9. The largest absolute Gasteiger partial charge is 0.480 e. The Kier molecular flexibility index (Phi) is 16.5. The predicted octanol–water partition coefficient (Wildman–Crippen LogP) is 14.7. The number of hydrogen-bond acceptors (Lipinski definition) is 9. The van der Waals surface area contributed by atoms with E-state index in [-0.39, 0.29) is 27.7 Å². The van der Waals surface area contributed by atoms with E-state index in [1.807, 2.05) is 80.5 Å². The molecule has 0 unspecified atom stereocenters. The fourth-order valence-corrected chi connectivity index (χ4v) is 9.25.